The first-order valence-electron chi connectivity index (χ1n) is 12.1. The fourth-order valence-electron chi connectivity index (χ4n) is 5.59. The van der Waals surface area contributed by atoms with Crippen LogP contribution in [0.2, 0.25) is 0 Å². The highest BCUT2D eigenvalue weighted by Crippen LogP contribution is 2.55. The van der Waals surface area contributed by atoms with Crippen molar-refractivity contribution in [3.8, 4) is 23.0 Å². The average Bonchev–Trinajstić information content (AvgIpc) is 2.87. The highest BCUT2D eigenvalue weighted by Gasteiger charge is 2.36. The maximum absolute atomic E-state index is 12.7. The van der Waals surface area contributed by atoms with Crippen molar-refractivity contribution in [2.24, 2.45) is 5.92 Å². The molecule has 184 valence electrons. The van der Waals surface area contributed by atoms with Gasteiger partial charge >= 0.3 is 0 Å². The van der Waals surface area contributed by atoms with Gasteiger partial charge in [-0.25, -0.2) is 0 Å². The molecular formula is C27H35NO5S. The zero-order valence-electron chi connectivity index (χ0n) is 20.3. The van der Waals surface area contributed by atoms with Gasteiger partial charge in [0.05, 0.1) is 14.2 Å². The van der Waals surface area contributed by atoms with Crippen LogP contribution in [0, 0.1) is 12.8 Å². The molecule has 2 atom stereocenters. The number of thioether (sulfide) groups is 1. The minimum atomic E-state index is -0.0999. The molecule has 0 aromatic heterocycles. The SMILES string of the molecule is COc1c(O)c(C)c(C2c3ccccc3CCC2CCCC(=O)N2CCSCC2)c(O)c1OC. The topological polar surface area (TPSA) is 79.2 Å². The normalized spacial score (nSPS) is 20.0. The van der Waals surface area contributed by atoms with Crippen molar-refractivity contribution < 1.29 is 24.5 Å². The second kappa shape index (κ2) is 10.8. The number of aryl methyl sites for hydroxylation is 1. The largest absolute Gasteiger partial charge is 0.504 e. The molecule has 2 N–H and O–H groups in total. The lowest BCUT2D eigenvalue weighted by Crippen LogP contribution is -2.37. The van der Waals surface area contributed by atoms with Crippen molar-refractivity contribution in [1.29, 1.82) is 0 Å². The number of phenolic OH excluding ortho intramolecular Hbond substituents is 2. The second-order valence-corrected chi connectivity index (χ2v) is 10.4. The average molecular weight is 486 g/mol. The number of phenols is 2. The van der Waals surface area contributed by atoms with E-state index in [0.29, 0.717) is 17.5 Å². The number of benzene rings is 2. The zero-order valence-corrected chi connectivity index (χ0v) is 21.1. The van der Waals surface area contributed by atoms with Gasteiger partial charge in [-0.1, -0.05) is 24.3 Å². The number of fused-ring (bicyclic) bond motifs is 1. The number of aromatic hydroxyl groups is 2. The Hall–Kier alpha value is -2.54. The van der Waals surface area contributed by atoms with E-state index in [1.807, 2.05) is 35.7 Å². The van der Waals surface area contributed by atoms with Gasteiger partial charge in [0.15, 0.2) is 11.5 Å². The lowest BCUT2D eigenvalue weighted by atomic mass is 9.69. The molecule has 1 saturated heterocycles. The van der Waals surface area contributed by atoms with Crippen LogP contribution in [0.1, 0.15) is 53.9 Å². The quantitative estimate of drug-likeness (QED) is 0.545. The Morgan fingerprint density at radius 2 is 1.76 bits per heavy atom. The van der Waals surface area contributed by atoms with Crippen LogP contribution in [0.15, 0.2) is 24.3 Å². The number of methoxy groups -OCH3 is 2. The maximum atomic E-state index is 12.7. The standard InChI is InChI=1S/C27H35NO5S/c1-17-22(25(31)27(33-3)26(32-2)24(17)30)23-19(12-11-18-7-4-5-9-20(18)23)8-6-10-21(29)28-13-15-34-16-14-28/h4-5,7,9,19,23,30-31H,6,8,10-16H2,1-3H3. The Morgan fingerprint density at radius 1 is 1.09 bits per heavy atom. The molecule has 0 radical (unpaired) electrons. The lowest BCUT2D eigenvalue weighted by Gasteiger charge is -2.36. The van der Waals surface area contributed by atoms with Crippen molar-refractivity contribution in [3.63, 3.8) is 0 Å². The highest BCUT2D eigenvalue weighted by molar-refractivity contribution is 7.99. The van der Waals surface area contributed by atoms with E-state index in [-0.39, 0.29) is 40.7 Å². The van der Waals surface area contributed by atoms with Crippen LogP contribution >= 0.6 is 11.8 Å². The maximum Gasteiger partial charge on any atom is 0.222 e. The van der Waals surface area contributed by atoms with Crippen molar-refractivity contribution in [3.05, 3.63) is 46.5 Å². The molecule has 7 heteroatoms. The van der Waals surface area contributed by atoms with Gasteiger partial charge < -0.3 is 24.6 Å². The molecule has 1 fully saturated rings. The molecule has 2 aromatic rings. The number of carbonyl (C=O) groups excluding carboxylic acids is 1. The molecule has 2 aliphatic rings. The fourth-order valence-corrected chi connectivity index (χ4v) is 6.49. The Bertz CT molecular complexity index is 1030. The van der Waals surface area contributed by atoms with Crippen LogP contribution in [0.4, 0.5) is 0 Å². The zero-order chi connectivity index (χ0) is 24.2. The summed E-state index contributed by atoms with van der Waals surface area (Å²) in [7, 11) is 2.92. The number of rotatable bonds is 7. The van der Waals surface area contributed by atoms with E-state index in [0.717, 1.165) is 50.3 Å². The van der Waals surface area contributed by atoms with Crippen LogP contribution in [-0.4, -0.2) is 59.8 Å². The summed E-state index contributed by atoms with van der Waals surface area (Å²) in [6, 6.07) is 8.34. The smallest absolute Gasteiger partial charge is 0.222 e. The van der Waals surface area contributed by atoms with Crippen molar-refractivity contribution >= 4 is 17.7 Å². The third-order valence-corrected chi connectivity index (χ3v) is 8.29. The predicted octanol–water partition coefficient (Wildman–Crippen LogP) is 4.86. The van der Waals surface area contributed by atoms with Gasteiger partial charge in [0, 0.05) is 48.1 Å². The van der Waals surface area contributed by atoms with E-state index in [2.05, 4.69) is 12.1 Å². The van der Waals surface area contributed by atoms with Gasteiger partial charge in [-0.15, -0.1) is 0 Å². The van der Waals surface area contributed by atoms with E-state index in [1.165, 1.54) is 25.3 Å². The van der Waals surface area contributed by atoms with Crippen molar-refractivity contribution in [2.75, 3.05) is 38.8 Å². The molecule has 1 aliphatic heterocycles. The molecule has 4 rings (SSSR count). The minimum Gasteiger partial charge on any atom is -0.504 e. The van der Waals surface area contributed by atoms with E-state index in [9.17, 15) is 15.0 Å². The van der Waals surface area contributed by atoms with Crippen molar-refractivity contribution in [2.45, 2.75) is 44.9 Å². The summed E-state index contributed by atoms with van der Waals surface area (Å²) in [6.45, 7) is 3.51. The number of hydrogen-bond acceptors (Lipinski definition) is 6. The summed E-state index contributed by atoms with van der Waals surface area (Å²) in [5.41, 5.74) is 3.72. The number of amides is 1. The molecule has 2 unspecified atom stereocenters. The fraction of sp³-hybridized carbons (Fsp3) is 0.519. The summed E-state index contributed by atoms with van der Waals surface area (Å²) in [5.74, 6) is 2.74. The van der Waals surface area contributed by atoms with Gasteiger partial charge in [0.1, 0.15) is 0 Å². The molecule has 0 bridgehead atoms. The van der Waals surface area contributed by atoms with Crippen LogP contribution < -0.4 is 9.47 Å². The lowest BCUT2D eigenvalue weighted by molar-refractivity contribution is -0.131. The van der Waals surface area contributed by atoms with Crippen LogP contribution in [0.5, 0.6) is 23.0 Å². The first-order chi connectivity index (χ1) is 16.5. The molecule has 6 nitrogen and oxygen atoms in total. The minimum absolute atomic E-state index is 0.00731. The van der Waals surface area contributed by atoms with E-state index in [1.54, 1.807) is 0 Å². The molecule has 1 aliphatic carbocycles. The van der Waals surface area contributed by atoms with E-state index < -0.39 is 0 Å². The number of carbonyl (C=O) groups is 1. The van der Waals surface area contributed by atoms with Crippen LogP contribution in [0.25, 0.3) is 0 Å². The first-order valence-corrected chi connectivity index (χ1v) is 13.2. The highest BCUT2D eigenvalue weighted by atomic mass is 32.2. The first kappa shape index (κ1) is 24.6. The number of ether oxygens (including phenoxy) is 2. The summed E-state index contributed by atoms with van der Waals surface area (Å²) in [5, 5.41) is 22.2. The number of hydrogen-bond donors (Lipinski definition) is 2. The molecule has 1 amide bonds. The Morgan fingerprint density at radius 3 is 2.47 bits per heavy atom. The van der Waals surface area contributed by atoms with Gasteiger partial charge in [0.2, 0.25) is 17.4 Å². The Kier molecular flexibility index (Phi) is 7.81. The van der Waals surface area contributed by atoms with Gasteiger partial charge in [0.25, 0.3) is 0 Å². The Labute approximate surface area is 206 Å². The molecular weight excluding hydrogens is 450 g/mol. The third-order valence-electron chi connectivity index (χ3n) is 7.35. The van der Waals surface area contributed by atoms with Gasteiger partial charge in [-0.05, 0) is 49.7 Å². The van der Waals surface area contributed by atoms with E-state index >= 15 is 0 Å². The molecule has 2 aromatic carbocycles. The summed E-state index contributed by atoms with van der Waals surface area (Å²) in [4.78, 5) is 14.7. The van der Waals surface area contributed by atoms with Crippen LogP contribution in [0.3, 0.4) is 0 Å². The van der Waals surface area contributed by atoms with Crippen molar-refractivity contribution in [1.82, 2.24) is 4.90 Å². The summed E-state index contributed by atoms with van der Waals surface area (Å²) < 4.78 is 10.8. The second-order valence-electron chi connectivity index (χ2n) is 9.16. The monoisotopic (exact) mass is 485 g/mol. The van der Waals surface area contributed by atoms with Gasteiger partial charge in [-0.2, -0.15) is 11.8 Å². The molecule has 1 heterocycles. The molecule has 0 saturated carbocycles. The third kappa shape index (κ3) is 4.67. The summed E-state index contributed by atoms with van der Waals surface area (Å²) >= 11 is 1.91. The molecule has 0 spiro atoms. The Balaban J connectivity index is 1.65. The molecule has 34 heavy (non-hydrogen) atoms. The van der Waals surface area contributed by atoms with Crippen LogP contribution in [-0.2, 0) is 11.2 Å². The predicted molar refractivity (Wildman–Crippen MR) is 135 cm³/mol. The number of nitrogens with zero attached hydrogens (tertiary/aromatic N) is 1. The van der Waals surface area contributed by atoms with Gasteiger partial charge in [-0.3, -0.25) is 4.79 Å². The van der Waals surface area contributed by atoms with E-state index in [4.69, 9.17) is 9.47 Å². The summed E-state index contributed by atoms with van der Waals surface area (Å²) in [6.07, 6.45) is 4.17.